The van der Waals surface area contributed by atoms with Crippen LogP contribution in [0.2, 0.25) is 0 Å². The lowest BCUT2D eigenvalue weighted by molar-refractivity contribution is 0.183. The van der Waals surface area contributed by atoms with Gasteiger partial charge in [0.2, 0.25) is 9.84 Å². The largest absolute Gasteiger partial charge is 0.492 e. The Morgan fingerprint density at radius 3 is 2.59 bits per heavy atom. The average molecular weight is 385 g/mol. The molecule has 0 saturated carbocycles. The molecule has 0 atom stereocenters. The molecule has 0 unspecified atom stereocenters. The maximum Gasteiger partial charge on any atom is 0.226 e. The lowest BCUT2D eigenvalue weighted by Crippen LogP contribution is -2.33. The van der Waals surface area contributed by atoms with E-state index in [9.17, 15) is 8.42 Å². The van der Waals surface area contributed by atoms with Gasteiger partial charge in [-0.25, -0.2) is 8.42 Å². The van der Waals surface area contributed by atoms with E-state index in [0.717, 1.165) is 19.6 Å². The molecule has 0 amide bonds. The lowest BCUT2D eigenvalue weighted by atomic mass is 10.1. The summed E-state index contributed by atoms with van der Waals surface area (Å²) in [6.45, 7) is 3.73. The van der Waals surface area contributed by atoms with Crippen molar-refractivity contribution >= 4 is 20.7 Å². The molecule has 1 fully saturated rings. The van der Waals surface area contributed by atoms with Crippen molar-refractivity contribution < 1.29 is 13.2 Å². The van der Waals surface area contributed by atoms with E-state index in [4.69, 9.17) is 4.74 Å². The second kappa shape index (κ2) is 7.70. The molecule has 27 heavy (non-hydrogen) atoms. The Morgan fingerprint density at radius 2 is 1.81 bits per heavy atom. The van der Waals surface area contributed by atoms with Crippen molar-refractivity contribution in [1.82, 2.24) is 15.1 Å². The third kappa shape index (κ3) is 3.84. The average Bonchev–Trinajstić information content (AvgIpc) is 3.14. The number of nitrogens with zero attached hydrogens (tertiary/aromatic N) is 2. The first-order chi connectivity index (χ1) is 13.1. The molecule has 4 rings (SSSR count). The number of hydrogen-bond acceptors (Lipinski definition) is 5. The molecule has 1 aromatic heterocycles. The zero-order valence-corrected chi connectivity index (χ0v) is 15.9. The van der Waals surface area contributed by atoms with Crippen LogP contribution >= 0.6 is 0 Å². The molecule has 1 aliphatic rings. The third-order valence-electron chi connectivity index (χ3n) is 4.93. The molecule has 0 spiro atoms. The molecular weight excluding hydrogens is 362 g/mol. The molecule has 142 valence electrons. The number of benzene rings is 2. The number of aromatic nitrogens is 2. The fraction of sp³-hybridized carbons (Fsp3) is 0.350. The zero-order chi connectivity index (χ0) is 18.7. The van der Waals surface area contributed by atoms with Crippen molar-refractivity contribution in [3.8, 4) is 5.75 Å². The summed E-state index contributed by atoms with van der Waals surface area (Å²) >= 11 is 0. The highest BCUT2D eigenvalue weighted by molar-refractivity contribution is 7.91. The van der Waals surface area contributed by atoms with E-state index in [1.807, 2.05) is 12.1 Å². The van der Waals surface area contributed by atoms with Gasteiger partial charge >= 0.3 is 0 Å². The number of sulfone groups is 1. The van der Waals surface area contributed by atoms with Crippen LogP contribution in [-0.2, 0) is 9.84 Å². The minimum atomic E-state index is -3.68. The molecule has 7 heteroatoms. The first-order valence-corrected chi connectivity index (χ1v) is 10.8. The maximum atomic E-state index is 12.9. The van der Waals surface area contributed by atoms with Crippen LogP contribution in [0, 0.1) is 0 Å². The Balaban J connectivity index is 1.54. The number of ether oxygens (including phenoxy) is 1. The van der Waals surface area contributed by atoms with Gasteiger partial charge < -0.3 is 4.74 Å². The Morgan fingerprint density at radius 1 is 1.04 bits per heavy atom. The van der Waals surface area contributed by atoms with Crippen LogP contribution in [0.3, 0.4) is 0 Å². The summed E-state index contributed by atoms with van der Waals surface area (Å²) in [5.41, 5.74) is 0.674. The molecule has 1 aliphatic heterocycles. The topological polar surface area (TPSA) is 75.3 Å². The minimum absolute atomic E-state index is 0.0326. The number of rotatable bonds is 6. The fourth-order valence-corrected chi connectivity index (χ4v) is 4.81. The Hall–Kier alpha value is -2.38. The number of fused-ring (bicyclic) bond motifs is 1. The predicted molar refractivity (Wildman–Crippen MR) is 104 cm³/mol. The van der Waals surface area contributed by atoms with Crippen LogP contribution < -0.4 is 4.74 Å². The summed E-state index contributed by atoms with van der Waals surface area (Å²) in [5.74, 6) is 0.658. The summed E-state index contributed by atoms with van der Waals surface area (Å²) in [5, 5.41) is 7.45. The molecule has 6 nitrogen and oxygen atoms in total. The summed E-state index contributed by atoms with van der Waals surface area (Å²) < 4.78 is 31.7. The van der Waals surface area contributed by atoms with E-state index >= 15 is 0 Å². The standard InChI is InChI=1S/C20H23N3O3S/c24-27(25,17-7-3-1-4-8-17)20-18-15-16(9-10-19(18)21-22-20)26-14-13-23-11-5-2-6-12-23/h1,3-4,7-10,15H,2,5-6,11-14H2,(H,21,22). The molecule has 2 aromatic carbocycles. The normalized spacial score (nSPS) is 15.9. The highest BCUT2D eigenvalue weighted by Crippen LogP contribution is 2.29. The monoisotopic (exact) mass is 385 g/mol. The van der Waals surface area contributed by atoms with Crippen molar-refractivity contribution in [3.63, 3.8) is 0 Å². The second-order valence-electron chi connectivity index (χ2n) is 6.80. The number of aromatic amines is 1. The molecule has 0 aliphatic carbocycles. The zero-order valence-electron chi connectivity index (χ0n) is 15.1. The summed E-state index contributed by atoms with van der Waals surface area (Å²) in [6, 6.07) is 13.8. The van der Waals surface area contributed by atoms with Gasteiger partial charge in [0.25, 0.3) is 0 Å². The van der Waals surface area contributed by atoms with Gasteiger partial charge in [-0.1, -0.05) is 24.6 Å². The van der Waals surface area contributed by atoms with E-state index in [-0.39, 0.29) is 9.92 Å². The Bertz CT molecular complexity index is 1010. The fourth-order valence-electron chi connectivity index (χ4n) is 3.45. The van der Waals surface area contributed by atoms with Gasteiger partial charge in [-0.2, -0.15) is 5.10 Å². The maximum absolute atomic E-state index is 12.9. The number of hydrogen-bond donors (Lipinski definition) is 1. The van der Waals surface area contributed by atoms with E-state index in [1.165, 1.54) is 19.3 Å². The second-order valence-corrected chi connectivity index (χ2v) is 8.67. The molecule has 0 bridgehead atoms. The molecule has 0 radical (unpaired) electrons. The van der Waals surface area contributed by atoms with Crippen molar-refractivity contribution in [2.75, 3.05) is 26.2 Å². The molecule has 3 aromatic rings. The van der Waals surface area contributed by atoms with E-state index < -0.39 is 9.84 Å². The van der Waals surface area contributed by atoms with Crippen molar-refractivity contribution in [2.45, 2.75) is 29.2 Å². The van der Waals surface area contributed by atoms with Gasteiger partial charge in [0, 0.05) is 11.9 Å². The van der Waals surface area contributed by atoms with E-state index in [0.29, 0.717) is 23.3 Å². The lowest BCUT2D eigenvalue weighted by Gasteiger charge is -2.26. The van der Waals surface area contributed by atoms with Crippen LogP contribution in [0.25, 0.3) is 10.9 Å². The summed E-state index contributed by atoms with van der Waals surface area (Å²) in [6.07, 6.45) is 3.82. The van der Waals surface area contributed by atoms with Crippen LogP contribution in [0.5, 0.6) is 5.75 Å². The van der Waals surface area contributed by atoms with E-state index in [2.05, 4.69) is 15.1 Å². The number of likely N-dealkylation sites (tertiary alicyclic amines) is 1. The van der Waals surface area contributed by atoms with Gasteiger partial charge in [0.15, 0.2) is 5.03 Å². The van der Waals surface area contributed by atoms with Gasteiger partial charge in [0.1, 0.15) is 12.4 Å². The minimum Gasteiger partial charge on any atom is -0.492 e. The van der Waals surface area contributed by atoms with Gasteiger partial charge in [-0.15, -0.1) is 0 Å². The van der Waals surface area contributed by atoms with Crippen LogP contribution in [-0.4, -0.2) is 49.8 Å². The van der Waals surface area contributed by atoms with Gasteiger partial charge in [0.05, 0.1) is 10.4 Å². The molecule has 1 N–H and O–H groups in total. The number of piperidine rings is 1. The SMILES string of the molecule is O=S(=O)(c1ccccc1)c1n[nH]c2ccc(OCCN3CCCCC3)cc12. The predicted octanol–water partition coefficient (Wildman–Crippen LogP) is 3.26. The smallest absolute Gasteiger partial charge is 0.226 e. The van der Waals surface area contributed by atoms with Crippen molar-refractivity contribution in [2.24, 2.45) is 0 Å². The quantitative estimate of drug-likeness (QED) is 0.705. The Kier molecular flexibility index (Phi) is 5.13. The van der Waals surface area contributed by atoms with Gasteiger partial charge in [-0.3, -0.25) is 10.00 Å². The highest BCUT2D eigenvalue weighted by atomic mass is 32.2. The van der Waals surface area contributed by atoms with Crippen molar-refractivity contribution in [3.05, 3.63) is 48.5 Å². The van der Waals surface area contributed by atoms with Crippen molar-refractivity contribution in [1.29, 1.82) is 0 Å². The number of H-pyrrole nitrogens is 1. The van der Waals surface area contributed by atoms with Crippen LogP contribution in [0.15, 0.2) is 58.5 Å². The van der Waals surface area contributed by atoms with Crippen LogP contribution in [0.1, 0.15) is 19.3 Å². The van der Waals surface area contributed by atoms with Crippen LogP contribution in [0.4, 0.5) is 0 Å². The Labute approximate surface area is 159 Å². The number of nitrogens with one attached hydrogen (secondary N) is 1. The third-order valence-corrected chi connectivity index (χ3v) is 6.65. The first-order valence-electron chi connectivity index (χ1n) is 9.28. The summed E-state index contributed by atoms with van der Waals surface area (Å²) in [4.78, 5) is 2.64. The van der Waals surface area contributed by atoms with Gasteiger partial charge in [-0.05, 0) is 56.3 Å². The molecular formula is C20H23N3O3S. The molecule has 2 heterocycles. The first kappa shape index (κ1) is 18.0. The molecule has 1 saturated heterocycles. The highest BCUT2D eigenvalue weighted by Gasteiger charge is 2.23. The summed E-state index contributed by atoms with van der Waals surface area (Å²) in [7, 11) is -3.68. The van der Waals surface area contributed by atoms with E-state index in [1.54, 1.807) is 36.4 Å².